The molecule has 0 spiro atoms. The summed E-state index contributed by atoms with van der Waals surface area (Å²) >= 11 is 1.81. The average molecular weight is 725 g/mol. The van der Waals surface area contributed by atoms with E-state index in [0.29, 0.717) is 5.56 Å². The number of thiophene rings is 1. The van der Waals surface area contributed by atoms with E-state index in [4.69, 9.17) is 0 Å². The summed E-state index contributed by atoms with van der Waals surface area (Å²) in [5.41, 5.74) is 7.63. The molecule has 0 bridgehead atoms. The van der Waals surface area contributed by atoms with Crippen LogP contribution in [-0.4, -0.2) is 0 Å². The fourth-order valence-corrected chi connectivity index (χ4v) is 10.3. The zero-order valence-electron chi connectivity index (χ0n) is 29.5. The monoisotopic (exact) mass is 724 g/mol. The first-order valence-electron chi connectivity index (χ1n) is 18.5. The third-order valence-electron chi connectivity index (χ3n) is 11.2. The Bertz CT molecular complexity index is 3210. The highest BCUT2D eigenvalue weighted by Crippen LogP contribution is 2.51. The molecule has 10 aromatic carbocycles. The van der Waals surface area contributed by atoms with Crippen molar-refractivity contribution in [1.29, 1.82) is 0 Å². The van der Waals surface area contributed by atoms with Gasteiger partial charge in [-0.15, -0.1) is 11.3 Å². The van der Waals surface area contributed by atoms with Crippen LogP contribution in [0.25, 0.3) is 108 Å². The summed E-state index contributed by atoms with van der Waals surface area (Å²) in [5.74, 6) is -1.14. The normalized spacial score (nSPS) is 11.8. The van der Waals surface area contributed by atoms with Gasteiger partial charge in [0.25, 0.3) is 0 Å². The zero-order chi connectivity index (χ0) is 36.6. The van der Waals surface area contributed by atoms with Crippen molar-refractivity contribution < 1.29 is 8.78 Å². The number of rotatable bonds is 4. The van der Waals surface area contributed by atoms with Crippen LogP contribution in [0, 0.1) is 11.6 Å². The molecule has 11 aromatic rings. The Kier molecular flexibility index (Phi) is 7.20. The highest BCUT2D eigenvalue weighted by Gasteiger charge is 2.24. The maximum Gasteiger partial charge on any atom is 0.134 e. The second kappa shape index (κ2) is 12.4. The van der Waals surface area contributed by atoms with Crippen LogP contribution in [-0.2, 0) is 0 Å². The van der Waals surface area contributed by atoms with Gasteiger partial charge in [0.05, 0.1) is 5.56 Å². The average Bonchev–Trinajstić information content (AvgIpc) is 3.62. The summed E-state index contributed by atoms with van der Waals surface area (Å²) in [5, 5.41) is 10.8. The number of hydrogen-bond acceptors (Lipinski definition) is 1. The van der Waals surface area contributed by atoms with Crippen LogP contribution in [0.3, 0.4) is 0 Å². The third-order valence-corrected chi connectivity index (χ3v) is 12.4. The summed E-state index contributed by atoms with van der Waals surface area (Å²) in [4.78, 5) is 0. The van der Waals surface area contributed by atoms with Gasteiger partial charge >= 0.3 is 0 Å². The molecular formula is C52H30F2S. The Hall–Kier alpha value is -6.68. The van der Waals surface area contributed by atoms with E-state index in [-0.39, 0.29) is 5.56 Å². The Balaban J connectivity index is 1.24. The first-order chi connectivity index (χ1) is 27.2. The van der Waals surface area contributed by atoms with E-state index in [1.54, 1.807) is 11.3 Å². The minimum atomic E-state index is -0.570. The highest BCUT2D eigenvalue weighted by molar-refractivity contribution is 7.26. The molecule has 258 valence electrons. The lowest BCUT2D eigenvalue weighted by molar-refractivity contribution is 0.590. The summed E-state index contributed by atoms with van der Waals surface area (Å²) < 4.78 is 33.6. The molecular weight excluding hydrogens is 695 g/mol. The first-order valence-corrected chi connectivity index (χ1v) is 19.3. The van der Waals surface area contributed by atoms with Gasteiger partial charge in [-0.1, -0.05) is 164 Å². The van der Waals surface area contributed by atoms with Gasteiger partial charge in [-0.05, 0) is 89.1 Å². The van der Waals surface area contributed by atoms with Crippen LogP contribution in [0.2, 0.25) is 0 Å². The van der Waals surface area contributed by atoms with Crippen LogP contribution in [0.1, 0.15) is 0 Å². The number of benzene rings is 10. The van der Waals surface area contributed by atoms with Crippen LogP contribution in [0.5, 0.6) is 0 Å². The minimum absolute atomic E-state index is 0.00361. The van der Waals surface area contributed by atoms with Crippen LogP contribution >= 0.6 is 11.3 Å². The maximum absolute atomic E-state index is 15.6. The topological polar surface area (TPSA) is 0 Å². The van der Waals surface area contributed by atoms with Crippen molar-refractivity contribution in [2.75, 3.05) is 0 Å². The molecule has 0 radical (unpaired) electrons. The van der Waals surface area contributed by atoms with E-state index in [9.17, 15) is 0 Å². The fraction of sp³-hybridized carbons (Fsp3) is 0. The Morgan fingerprint density at radius 2 is 0.691 bits per heavy atom. The lowest BCUT2D eigenvalue weighted by atomic mass is 9.84. The molecule has 0 aliphatic heterocycles. The molecule has 0 aliphatic carbocycles. The zero-order valence-corrected chi connectivity index (χ0v) is 30.3. The van der Waals surface area contributed by atoms with E-state index in [0.717, 1.165) is 32.7 Å². The second-order valence-electron chi connectivity index (χ2n) is 14.1. The van der Waals surface area contributed by atoms with Crippen molar-refractivity contribution in [3.8, 4) is 44.5 Å². The van der Waals surface area contributed by atoms with Gasteiger partial charge in [-0.2, -0.15) is 0 Å². The molecule has 0 unspecified atom stereocenters. The van der Waals surface area contributed by atoms with Crippen molar-refractivity contribution in [1.82, 2.24) is 0 Å². The van der Waals surface area contributed by atoms with Crippen LogP contribution in [0.15, 0.2) is 182 Å². The van der Waals surface area contributed by atoms with Crippen molar-refractivity contribution in [3.63, 3.8) is 0 Å². The van der Waals surface area contributed by atoms with Gasteiger partial charge < -0.3 is 0 Å². The van der Waals surface area contributed by atoms with Crippen molar-refractivity contribution in [2.24, 2.45) is 0 Å². The van der Waals surface area contributed by atoms with Crippen molar-refractivity contribution >= 4 is 74.6 Å². The molecule has 0 fully saturated rings. The Morgan fingerprint density at radius 3 is 1.24 bits per heavy atom. The van der Waals surface area contributed by atoms with Crippen molar-refractivity contribution in [3.05, 3.63) is 194 Å². The number of hydrogen-bond donors (Lipinski definition) is 0. The second-order valence-corrected chi connectivity index (χ2v) is 15.2. The van der Waals surface area contributed by atoms with Gasteiger partial charge in [0, 0.05) is 31.3 Å². The van der Waals surface area contributed by atoms with Crippen LogP contribution in [0.4, 0.5) is 8.78 Å². The Morgan fingerprint density at radius 1 is 0.291 bits per heavy atom. The van der Waals surface area contributed by atoms with Gasteiger partial charge in [0.15, 0.2) is 0 Å². The highest BCUT2D eigenvalue weighted by atomic mass is 32.1. The molecule has 0 N–H and O–H groups in total. The predicted molar refractivity (Wildman–Crippen MR) is 231 cm³/mol. The molecule has 0 aliphatic rings. The first kappa shape index (κ1) is 31.8. The number of fused-ring (bicyclic) bond motifs is 7. The summed E-state index contributed by atoms with van der Waals surface area (Å²) in [6.07, 6.45) is 0. The van der Waals surface area contributed by atoms with Crippen LogP contribution < -0.4 is 0 Å². The van der Waals surface area contributed by atoms with Gasteiger partial charge in [0.2, 0.25) is 0 Å². The lowest BCUT2D eigenvalue weighted by Crippen LogP contribution is -1.95. The number of halogens is 2. The predicted octanol–water partition coefficient (Wildman–Crippen LogP) is 15.6. The van der Waals surface area contributed by atoms with E-state index in [2.05, 4.69) is 127 Å². The van der Waals surface area contributed by atoms with Gasteiger partial charge in [-0.25, -0.2) is 8.78 Å². The van der Waals surface area contributed by atoms with Gasteiger partial charge in [0.1, 0.15) is 11.6 Å². The molecule has 0 saturated carbocycles. The molecule has 0 atom stereocenters. The largest absolute Gasteiger partial charge is 0.206 e. The molecule has 1 aromatic heterocycles. The fourth-order valence-electron chi connectivity index (χ4n) is 9.01. The van der Waals surface area contributed by atoms with Gasteiger partial charge in [-0.3, -0.25) is 0 Å². The summed E-state index contributed by atoms with van der Waals surface area (Å²) in [6, 6.07) is 61.8. The molecule has 3 heteroatoms. The third kappa shape index (κ3) is 4.73. The standard InChI is InChI=1S/C52H30F2S/c53-43-28-14-29-44(54)51(43)50-38-23-10-8-21-36(38)48(37-22-9-11-24-39(37)50)41-26-12-27-42-49-40(25-13-30-45(49)55-52(41)42)47-34-19-6-4-17-32(34)46(31-15-2-1-3-16-31)33-18-5-7-20-35(33)47/h1-30H. The smallest absolute Gasteiger partial charge is 0.134 e. The molecule has 11 rings (SSSR count). The van der Waals surface area contributed by atoms with E-state index < -0.39 is 11.6 Å². The van der Waals surface area contributed by atoms with Crippen molar-refractivity contribution in [2.45, 2.75) is 0 Å². The van der Waals surface area contributed by atoms with E-state index in [1.165, 1.54) is 82.2 Å². The molecule has 0 nitrogen and oxygen atoms in total. The van der Waals surface area contributed by atoms with E-state index in [1.807, 2.05) is 36.4 Å². The summed E-state index contributed by atoms with van der Waals surface area (Å²) in [7, 11) is 0. The molecule has 0 saturated heterocycles. The molecule has 0 amide bonds. The lowest BCUT2D eigenvalue weighted by Gasteiger charge is -2.19. The van der Waals surface area contributed by atoms with E-state index >= 15 is 8.78 Å². The maximum atomic E-state index is 15.6. The molecule has 1 heterocycles. The SMILES string of the molecule is Fc1cccc(F)c1-c1c2ccccc2c(-c2cccc3c2sc2cccc(-c4c5ccccc5c(-c5ccccc5)c5ccccc45)c23)c2ccccc12. The quantitative estimate of drug-likeness (QED) is 0.159. The Labute approximate surface area is 320 Å². The summed E-state index contributed by atoms with van der Waals surface area (Å²) in [6.45, 7) is 0. The minimum Gasteiger partial charge on any atom is -0.206 e. The molecule has 55 heavy (non-hydrogen) atoms.